The summed E-state index contributed by atoms with van der Waals surface area (Å²) in [6.45, 7) is 8.56. The number of carboxylic acids is 1. The first-order valence-electron chi connectivity index (χ1n) is 6.54. The van der Waals surface area contributed by atoms with E-state index in [-0.39, 0.29) is 11.8 Å². The Balaban J connectivity index is 2.51. The summed E-state index contributed by atoms with van der Waals surface area (Å²) in [5.74, 6) is -0.455. The molecule has 0 spiro atoms. The van der Waals surface area contributed by atoms with Crippen molar-refractivity contribution < 1.29 is 14.7 Å². The standard InChI is InChI=1S/C13H24N2O3/c1-9(2)7-15-6-5-11(8-15)12(16)14(4)10(3)13(17)18/h9-11H,5-8H2,1-4H3,(H,17,18)/t10-,11-/m0/s1. The van der Waals surface area contributed by atoms with E-state index in [4.69, 9.17) is 5.11 Å². The van der Waals surface area contributed by atoms with Crippen molar-refractivity contribution in [3.8, 4) is 0 Å². The van der Waals surface area contributed by atoms with E-state index < -0.39 is 12.0 Å². The Morgan fingerprint density at radius 2 is 2.00 bits per heavy atom. The van der Waals surface area contributed by atoms with Crippen LogP contribution in [-0.4, -0.2) is 59.5 Å². The second-order valence-electron chi connectivity index (χ2n) is 5.60. The second kappa shape index (κ2) is 6.18. The van der Waals surface area contributed by atoms with Crippen molar-refractivity contribution in [2.75, 3.05) is 26.7 Å². The van der Waals surface area contributed by atoms with Gasteiger partial charge in [0.15, 0.2) is 0 Å². The zero-order valence-corrected chi connectivity index (χ0v) is 11.7. The quantitative estimate of drug-likeness (QED) is 0.794. The van der Waals surface area contributed by atoms with Gasteiger partial charge in [0, 0.05) is 20.1 Å². The van der Waals surface area contributed by atoms with Crippen LogP contribution in [0.1, 0.15) is 27.2 Å². The topological polar surface area (TPSA) is 60.9 Å². The number of hydrogen-bond donors (Lipinski definition) is 1. The van der Waals surface area contributed by atoms with E-state index in [2.05, 4.69) is 18.7 Å². The summed E-state index contributed by atoms with van der Waals surface area (Å²) in [5.41, 5.74) is 0. The molecule has 1 fully saturated rings. The molecule has 1 amide bonds. The van der Waals surface area contributed by atoms with Crippen LogP contribution in [0.25, 0.3) is 0 Å². The lowest BCUT2D eigenvalue weighted by molar-refractivity contribution is -0.149. The maximum Gasteiger partial charge on any atom is 0.326 e. The Bertz CT molecular complexity index is 317. The molecule has 2 atom stereocenters. The van der Waals surface area contributed by atoms with Crippen LogP contribution in [0.2, 0.25) is 0 Å². The van der Waals surface area contributed by atoms with E-state index >= 15 is 0 Å². The molecule has 1 rings (SSSR count). The van der Waals surface area contributed by atoms with Gasteiger partial charge in [0.1, 0.15) is 6.04 Å². The Kier molecular flexibility index (Phi) is 5.14. The Morgan fingerprint density at radius 1 is 1.39 bits per heavy atom. The molecule has 0 radical (unpaired) electrons. The molecule has 1 heterocycles. The highest BCUT2D eigenvalue weighted by Crippen LogP contribution is 2.20. The summed E-state index contributed by atoms with van der Waals surface area (Å²) in [7, 11) is 1.58. The van der Waals surface area contributed by atoms with Gasteiger partial charge in [-0.2, -0.15) is 0 Å². The van der Waals surface area contributed by atoms with Gasteiger partial charge in [0.2, 0.25) is 5.91 Å². The van der Waals surface area contributed by atoms with Crippen LogP contribution >= 0.6 is 0 Å². The average Bonchev–Trinajstić information content (AvgIpc) is 2.73. The molecular formula is C13H24N2O3. The third-order valence-corrected chi connectivity index (χ3v) is 3.53. The zero-order valence-electron chi connectivity index (χ0n) is 11.7. The maximum absolute atomic E-state index is 12.2. The van der Waals surface area contributed by atoms with Gasteiger partial charge in [0.25, 0.3) is 0 Å². The van der Waals surface area contributed by atoms with Crippen molar-refractivity contribution in [3.63, 3.8) is 0 Å². The molecule has 5 nitrogen and oxygen atoms in total. The molecule has 0 bridgehead atoms. The minimum Gasteiger partial charge on any atom is -0.480 e. The molecule has 0 aromatic heterocycles. The predicted octanol–water partition coefficient (Wildman–Crippen LogP) is 0.896. The van der Waals surface area contributed by atoms with Crippen LogP contribution in [0.3, 0.4) is 0 Å². The highest BCUT2D eigenvalue weighted by atomic mass is 16.4. The number of carbonyl (C=O) groups is 2. The van der Waals surface area contributed by atoms with Crippen LogP contribution < -0.4 is 0 Å². The van der Waals surface area contributed by atoms with Gasteiger partial charge >= 0.3 is 5.97 Å². The molecule has 0 aliphatic carbocycles. The molecule has 104 valence electrons. The second-order valence-corrected chi connectivity index (χ2v) is 5.60. The summed E-state index contributed by atoms with van der Waals surface area (Å²) >= 11 is 0. The van der Waals surface area contributed by atoms with Crippen LogP contribution in [0.15, 0.2) is 0 Å². The van der Waals surface area contributed by atoms with Crippen molar-refractivity contribution in [2.24, 2.45) is 11.8 Å². The number of likely N-dealkylation sites (N-methyl/N-ethyl adjacent to an activating group) is 1. The van der Waals surface area contributed by atoms with Gasteiger partial charge in [0.05, 0.1) is 5.92 Å². The molecule has 1 aliphatic heterocycles. The third kappa shape index (κ3) is 3.70. The van der Waals surface area contributed by atoms with Gasteiger partial charge in [-0.05, 0) is 25.8 Å². The van der Waals surface area contributed by atoms with Gasteiger partial charge in [-0.1, -0.05) is 13.8 Å². The molecule has 1 aliphatic rings. The monoisotopic (exact) mass is 256 g/mol. The molecule has 18 heavy (non-hydrogen) atoms. The Labute approximate surface area is 109 Å². The SMILES string of the molecule is CC(C)CN1CC[C@H](C(=O)N(C)[C@@H](C)C(=O)O)C1. The molecule has 0 unspecified atom stereocenters. The van der Waals surface area contributed by atoms with Crippen molar-refractivity contribution in [1.29, 1.82) is 0 Å². The number of aliphatic carboxylic acids is 1. The summed E-state index contributed by atoms with van der Waals surface area (Å²) in [6.07, 6.45) is 0.836. The highest BCUT2D eigenvalue weighted by Gasteiger charge is 2.33. The van der Waals surface area contributed by atoms with Gasteiger partial charge in [-0.3, -0.25) is 4.79 Å². The van der Waals surface area contributed by atoms with Crippen LogP contribution in [0.4, 0.5) is 0 Å². The largest absolute Gasteiger partial charge is 0.480 e. The number of rotatable bonds is 5. The first kappa shape index (κ1) is 15.0. The van der Waals surface area contributed by atoms with E-state index in [0.29, 0.717) is 5.92 Å². The lowest BCUT2D eigenvalue weighted by Gasteiger charge is -2.25. The minimum atomic E-state index is -0.956. The number of nitrogens with zero attached hydrogens (tertiary/aromatic N) is 2. The summed E-state index contributed by atoms with van der Waals surface area (Å²) in [6, 6.07) is -0.753. The van der Waals surface area contributed by atoms with E-state index in [0.717, 1.165) is 26.1 Å². The first-order chi connectivity index (χ1) is 8.32. The molecule has 5 heteroatoms. The van der Waals surface area contributed by atoms with E-state index in [1.807, 2.05) is 0 Å². The predicted molar refractivity (Wildman–Crippen MR) is 69.3 cm³/mol. The molecule has 0 aromatic rings. The van der Waals surface area contributed by atoms with Crippen LogP contribution in [0.5, 0.6) is 0 Å². The lowest BCUT2D eigenvalue weighted by atomic mass is 10.1. The van der Waals surface area contributed by atoms with E-state index in [9.17, 15) is 9.59 Å². The average molecular weight is 256 g/mol. The third-order valence-electron chi connectivity index (χ3n) is 3.53. The van der Waals surface area contributed by atoms with Crippen molar-refractivity contribution in [2.45, 2.75) is 33.2 Å². The lowest BCUT2D eigenvalue weighted by Crippen LogP contribution is -2.44. The number of carbonyl (C=O) groups excluding carboxylic acids is 1. The first-order valence-corrected chi connectivity index (χ1v) is 6.54. The Morgan fingerprint density at radius 3 is 2.50 bits per heavy atom. The molecule has 1 N–H and O–H groups in total. The van der Waals surface area contributed by atoms with Crippen molar-refractivity contribution in [3.05, 3.63) is 0 Å². The fraction of sp³-hybridized carbons (Fsp3) is 0.846. The fourth-order valence-corrected chi connectivity index (χ4v) is 2.36. The molecule has 0 saturated carbocycles. The number of amides is 1. The number of hydrogen-bond acceptors (Lipinski definition) is 3. The number of carboxylic acid groups (broad SMARTS) is 1. The van der Waals surface area contributed by atoms with E-state index in [1.165, 1.54) is 4.90 Å². The van der Waals surface area contributed by atoms with Gasteiger partial charge < -0.3 is 14.9 Å². The van der Waals surface area contributed by atoms with Crippen molar-refractivity contribution >= 4 is 11.9 Å². The maximum atomic E-state index is 12.2. The summed E-state index contributed by atoms with van der Waals surface area (Å²) < 4.78 is 0. The highest BCUT2D eigenvalue weighted by molar-refractivity contribution is 5.84. The normalized spacial score (nSPS) is 22.2. The van der Waals surface area contributed by atoms with Gasteiger partial charge in [-0.15, -0.1) is 0 Å². The Hall–Kier alpha value is -1.10. The van der Waals surface area contributed by atoms with E-state index in [1.54, 1.807) is 14.0 Å². The molecule has 1 saturated heterocycles. The van der Waals surface area contributed by atoms with Crippen molar-refractivity contribution in [1.82, 2.24) is 9.80 Å². The molecule has 0 aromatic carbocycles. The summed E-state index contributed by atoms with van der Waals surface area (Å²) in [5, 5.41) is 8.91. The minimum absolute atomic E-state index is 0.0452. The van der Waals surface area contributed by atoms with Crippen LogP contribution in [-0.2, 0) is 9.59 Å². The van der Waals surface area contributed by atoms with Gasteiger partial charge in [-0.25, -0.2) is 4.79 Å². The smallest absolute Gasteiger partial charge is 0.326 e. The zero-order chi connectivity index (χ0) is 13.9. The van der Waals surface area contributed by atoms with Crippen LogP contribution in [0, 0.1) is 11.8 Å². The number of likely N-dealkylation sites (tertiary alicyclic amines) is 1. The molecular weight excluding hydrogens is 232 g/mol. The summed E-state index contributed by atoms with van der Waals surface area (Å²) in [4.78, 5) is 26.7. The fourth-order valence-electron chi connectivity index (χ4n) is 2.36.